The minimum atomic E-state index is -2.45. The third kappa shape index (κ3) is 3.68. The number of rotatable bonds is 5. The normalized spacial score (nSPS) is 10.9. The van der Waals surface area contributed by atoms with Gasteiger partial charge in [-0.25, -0.2) is 13.8 Å². The van der Waals surface area contributed by atoms with Crippen LogP contribution >= 0.6 is 15.9 Å². The maximum Gasteiger partial charge on any atom is 0.255 e. The van der Waals surface area contributed by atoms with Crippen molar-refractivity contribution in [2.24, 2.45) is 0 Å². The summed E-state index contributed by atoms with van der Waals surface area (Å²) in [5.74, 6) is 0.454. The third-order valence-corrected chi connectivity index (χ3v) is 2.91. The molecule has 0 bridgehead atoms. The minimum Gasteiger partial charge on any atom is -0.395 e. The molecule has 0 aliphatic heterocycles. The van der Waals surface area contributed by atoms with Crippen LogP contribution < -0.4 is 4.90 Å². The van der Waals surface area contributed by atoms with Crippen LogP contribution in [0.1, 0.15) is 5.56 Å². The van der Waals surface area contributed by atoms with E-state index in [9.17, 15) is 8.78 Å². The van der Waals surface area contributed by atoms with E-state index in [-0.39, 0.29) is 13.2 Å². The summed E-state index contributed by atoms with van der Waals surface area (Å²) in [6, 6.07) is 1.71. The molecule has 0 unspecified atom stereocenters. The largest absolute Gasteiger partial charge is 0.395 e. The van der Waals surface area contributed by atoms with Gasteiger partial charge in [-0.1, -0.05) is 0 Å². The van der Waals surface area contributed by atoms with Gasteiger partial charge in [0.1, 0.15) is 5.82 Å². The molecule has 0 saturated heterocycles. The van der Waals surface area contributed by atoms with Crippen molar-refractivity contribution in [2.75, 3.05) is 24.6 Å². The smallest absolute Gasteiger partial charge is 0.255 e. The number of aryl methyl sites for hydroxylation is 1. The van der Waals surface area contributed by atoms with Gasteiger partial charge in [0.15, 0.2) is 0 Å². The molecular weight excluding hydrogens is 282 g/mol. The van der Waals surface area contributed by atoms with E-state index in [1.807, 2.05) is 6.92 Å². The molecule has 1 rings (SSSR count). The molecule has 1 aromatic heterocycles. The number of nitrogens with zero attached hydrogens (tertiary/aromatic N) is 2. The Hall–Kier alpha value is -0.750. The molecule has 90 valence electrons. The van der Waals surface area contributed by atoms with E-state index >= 15 is 0 Å². The van der Waals surface area contributed by atoms with Gasteiger partial charge in [0, 0.05) is 17.2 Å². The fourth-order valence-corrected chi connectivity index (χ4v) is 1.50. The molecule has 16 heavy (non-hydrogen) atoms. The summed E-state index contributed by atoms with van der Waals surface area (Å²) in [5, 5.41) is 8.81. The van der Waals surface area contributed by atoms with Crippen LogP contribution in [-0.4, -0.2) is 36.2 Å². The number of aromatic nitrogens is 1. The molecule has 1 aromatic rings. The Morgan fingerprint density at radius 1 is 1.56 bits per heavy atom. The minimum absolute atomic E-state index is 0.151. The van der Waals surface area contributed by atoms with E-state index in [0.29, 0.717) is 5.82 Å². The van der Waals surface area contributed by atoms with E-state index in [0.717, 1.165) is 10.0 Å². The average Bonchev–Trinajstić information content (AvgIpc) is 2.21. The molecule has 0 saturated carbocycles. The van der Waals surface area contributed by atoms with Crippen LogP contribution in [0.2, 0.25) is 0 Å². The lowest BCUT2D eigenvalue weighted by Gasteiger charge is -2.22. The van der Waals surface area contributed by atoms with Crippen molar-refractivity contribution in [1.29, 1.82) is 0 Å². The van der Waals surface area contributed by atoms with E-state index in [2.05, 4.69) is 20.9 Å². The fourth-order valence-electron chi connectivity index (χ4n) is 1.28. The standard InChI is InChI=1S/C10H13BrF2N2O/c1-7-4-10(14-5-8(7)11)15(2-3-16)6-9(12)13/h4-5,9,16H,2-3,6H2,1H3. The lowest BCUT2D eigenvalue weighted by molar-refractivity contribution is 0.152. The highest BCUT2D eigenvalue weighted by Gasteiger charge is 2.14. The van der Waals surface area contributed by atoms with Crippen LogP contribution in [0.25, 0.3) is 0 Å². The molecule has 0 radical (unpaired) electrons. The molecule has 0 aromatic carbocycles. The summed E-state index contributed by atoms with van der Waals surface area (Å²) in [6.45, 7) is 1.41. The zero-order valence-corrected chi connectivity index (χ0v) is 10.4. The molecule has 1 heterocycles. The Morgan fingerprint density at radius 3 is 2.75 bits per heavy atom. The van der Waals surface area contributed by atoms with Gasteiger partial charge in [-0.2, -0.15) is 0 Å². The van der Waals surface area contributed by atoms with Gasteiger partial charge in [0.25, 0.3) is 6.43 Å². The second-order valence-electron chi connectivity index (χ2n) is 3.35. The van der Waals surface area contributed by atoms with Crippen LogP contribution in [0.3, 0.4) is 0 Å². The predicted molar refractivity (Wildman–Crippen MR) is 62.0 cm³/mol. The SMILES string of the molecule is Cc1cc(N(CCO)CC(F)F)ncc1Br. The number of anilines is 1. The molecule has 0 fully saturated rings. The lowest BCUT2D eigenvalue weighted by atomic mass is 10.3. The van der Waals surface area contributed by atoms with Crippen molar-refractivity contribution < 1.29 is 13.9 Å². The van der Waals surface area contributed by atoms with Gasteiger partial charge in [-0.05, 0) is 34.5 Å². The molecule has 0 amide bonds. The lowest BCUT2D eigenvalue weighted by Crippen LogP contribution is -2.32. The quantitative estimate of drug-likeness (QED) is 0.905. The van der Waals surface area contributed by atoms with Crippen molar-refractivity contribution in [1.82, 2.24) is 4.98 Å². The molecule has 0 spiro atoms. The second kappa shape index (κ2) is 6.10. The highest BCUT2D eigenvalue weighted by Crippen LogP contribution is 2.20. The van der Waals surface area contributed by atoms with E-state index < -0.39 is 13.0 Å². The highest BCUT2D eigenvalue weighted by molar-refractivity contribution is 9.10. The molecule has 6 heteroatoms. The fraction of sp³-hybridized carbons (Fsp3) is 0.500. The predicted octanol–water partition coefficient (Wildman–Crippen LogP) is 2.22. The zero-order valence-electron chi connectivity index (χ0n) is 8.83. The number of hydrogen-bond acceptors (Lipinski definition) is 3. The van der Waals surface area contributed by atoms with Crippen LogP contribution in [-0.2, 0) is 0 Å². The Bertz CT molecular complexity index is 350. The summed E-state index contributed by atoms with van der Waals surface area (Å²) in [5.41, 5.74) is 0.919. The summed E-state index contributed by atoms with van der Waals surface area (Å²) < 4.78 is 25.5. The van der Waals surface area contributed by atoms with Crippen molar-refractivity contribution in [2.45, 2.75) is 13.3 Å². The van der Waals surface area contributed by atoms with Gasteiger partial charge in [-0.15, -0.1) is 0 Å². The first kappa shape index (κ1) is 13.3. The maximum atomic E-state index is 12.3. The Morgan fingerprint density at radius 2 is 2.25 bits per heavy atom. The molecule has 3 nitrogen and oxygen atoms in total. The van der Waals surface area contributed by atoms with Crippen LogP contribution in [0.5, 0.6) is 0 Å². The molecule has 1 N–H and O–H groups in total. The second-order valence-corrected chi connectivity index (χ2v) is 4.21. The monoisotopic (exact) mass is 294 g/mol. The van der Waals surface area contributed by atoms with Crippen molar-refractivity contribution in [3.8, 4) is 0 Å². The van der Waals surface area contributed by atoms with E-state index in [1.165, 1.54) is 4.90 Å². The molecular formula is C10H13BrF2N2O. The van der Waals surface area contributed by atoms with Gasteiger partial charge >= 0.3 is 0 Å². The molecule has 0 aliphatic carbocycles. The van der Waals surface area contributed by atoms with Crippen molar-refractivity contribution in [3.05, 3.63) is 22.3 Å². The van der Waals surface area contributed by atoms with Crippen LogP contribution in [0, 0.1) is 6.92 Å². The van der Waals surface area contributed by atoms with Gasteiger partial charge in [0.2, 0.25) is 0 Å². The number of hydrogen-bond donors (Lipinski definition) is 1. The highest BCUT2D eigenvalue weighted by atomic mass is 79.9. The summed E-state index contributed by atoms with van der Waals surface area (Å²) in [4.78, 5) is 5.41. The van der Waals surface area contributed by atoms with Gasteiger partial charge in [0.05, 0.1) is 13.2 Å². The van der Waals surface area contributed by atoms with Crippen molar-refractivity contribution >= 4 is 21.7 Å². The van der Waals surface area contributed by atoms with Crippen LogP contribution in [0.15, 0.2) is 16.7 Å². The Kier molecular flexibility index (Phi) is 5.08. The van der Waals surface area contributed by atoms with Crippen LogP contribution in [0.4, 0.5) is 14.6 Å². The average molecular weight is 295 g/mol. The molecule has 0 aliphatic rings. The van der Waals surface area contributed by atoms with Gasteiger partial charge in [-0.3, -0.25) is 0 Å². The molecule has 0 atom stereocenters. The van der Waals surface area contributed by atoms with E-state index in [1.54, 1.807) is 12.3 Å². The number of aliphatic hydroxyl groups is 1. The van der Waals surface area contributed by atoms with Crippen molar-refractivity contribution in [3.63, 3.8) is 0 Å². The maximum absolute atomic E-state index is 12.3. The van der Waals surface area contributed by atoms with Gasteiger partial charge < -0.3 is 10.0 Å². The number of alkyl halides is 2. The third-order valence-electron chi connectivity index (χ3n) is 2.08. The number of pyridine rings is 1. The first-order valence-corrected chi connectivity index (χ1v) is 5.60. The van der Waals surface area contributed by atoms with E-state index in [4.69, 9.17) is 5.11 Å². The summed E-state index contributed by atoms with van der Waals surface area (Å²) >= 11 is 3.29. The number of aliphatic hydroxyl groups excluding tert-OH is 1. The number of halogens is 3. The first-order valence-electron chi connectivity index (χ1n) is 4.80. The summed E-state index contributed by atoms with van der Waals surface area (Å²) in [7, 11) is 0. The topological polar surface area (TPSA) is 36.4 Å². The first-order chi connectivity index (χ1) is 7.54. The Balaban J connectivity index is 2.87. The zero-order chi connectivity index (χ0) is 12.1. The summed E-state index contributed by atoms with van der Waals surface area (Å²) in [6.07, 6.45) is -0.877. The Labute approximate surface area is 101 Å².